The molecule has 12 rings (SSSR count). The smallest absolute Gasteiger partial charge is 0.304 e. The van der Waals surface area contributed by atoms with E-state index >= 15 is 17.6 Å². The van der Waals surface area contributed by atoms with Crippen molar-refractivity contribution < 1.29 is 37.7 Å². The summed E-state index contributed by atoms with van der Waals surface area (Å²) < 4.78 is 64.6. The van der Waals surface area contributed by atoms with Gasteiger partial charge < -0.3 is 15.0 Å². The summed E-state index contributed by atoms with van der Waals surface area (Å²) in [7, 11) is 0. The molecule has 2 saturated carbocycles. The average Bonchev–Trinajstić information content (AvgIpc) is 3.98. The van der Waals surface area contributed by atoms with Crippen LogP contribution in [0.25, 0.3) is 78.3 Å². The van der Waals surface area contributed by atoms with Gasteiger partial charge in [-0.05, 0) is 102 Å². The number of hydrogen-bond acceptors (Lipinski definition) is 3. The molecule has 2 aliphatic carbocycles. The molecule has 75 heavy (non-hydrogen) atoms. The molecule has 0 amide bonds. The zero-order chi connectivity index (χ0) is 50.2. The number of benzene rings is 7. The summed E-state index contributed by atoms with van der Waals surface area (Å²) in [6.07, 6.45) is 3.80. The third-order valence-corrected chi connectivity index (χ3v) is 15.0. The monoisotopic (exact) mass is 1160 g/mol. The van der Waals surface area contributed by atoms with Gasteiger partial charge in [0, 0.05) is 49.8 Å². The van der Waals surface area contributed by atoms with Crippen LogP contribution in [0.3, 0.4) is 0 Å². The molecule has 10 aromatic rings. The molecule has 0 N–H and O–H groups in total. The quantitative estimate of drug-likeness (QED) is 0.0957. The molecule has 0 aliphatic heterocycles. The van der Waals surface area contributed by atoms with E-state index in [4.69, 9.17) is 15.0 Å². The molecule has 4 unspecified atom stereocenters. The Morgan fingerprint density at radius 2 is 0.760 bits per heavy atom. The van der Waals surface area contributed by atoms with Gasteiger partial charge in [-0.15, -0.1) is 108 Å². The fourth-order valence-electron chi connectivity index (χ4n) is 11.4. The van der Waals surface area contributed by atoms with Crippen molar-refractivity contribution in [1.82, 2.24) is 15.0 Å². The Balaban J connectivity index is 0.00000602. The van der Waals surface area contributed by atoms with E-state index in [2.05, 4.69) is 66.7 Å². The van der Waals surface area contributed by atoms with Gasteiger partial charge in [0.2, 0.25) is 11.8 Å². The number of pyridine rings is 3. The van der Waals surface area contributed by atoms with E-state index < -0.39 is 48.4 Å². The first-order valence-corrected chi connectivity index (χ1v) is 25.1. The second-order valence-electron chi connectivity index (χ2n) is 19.7. The minimum absolute atomic E-state index is 0. The third-order valence-electron chi connectivity index (χ3n) is 15.0. The van der Waals surface area contributed by atoms with Crippen LogP contribution in [0.1, 0.15) is 71.6 Å². The second-order valence-corrected chi connectivity index (χ2v) is 19.7. The first kappa shape index (κ1) is 49.6. The summed E-state index contributed by atoms with van der Waals surface area (Å²) in [5, 5.41) is 0. The van der Waals surface area contributed by atoms with Gasteiger partial charge in [-0.3, -0.25) is 0 Å². The summed E-state index contributed by atoms with van der Waals surface area (Å²) in [5.41, 5.74) is 14.8. The van der Waals surface area contributed by atoms with Gasteiger partial charge >= 0.3 is 20.1 Å². The van der Waals surface area contributed by atoms with E-state index in [-0.39, 0.29) is 32.9 Å². The van der Waals surface area contributed by atoms with Gasteiger partial charge in [0.25, 0.3) is 0 Å². The molecular formula is C67H48F4IrN3. The van der Waals surface area contributed by atoms with Crippen LogP contribution in [0.4, 0.5) is 17.6 Å². The van der Waals surface area contributed by atoms with Crippen molar-refractivity contribution in [1.29, 1.82) is 0 Å². The summed E-state index contributed by atoms with van der Waals surface area (Å²) in [5.74, 6) is -8.41. The first-order valence-electron chi connectivity index (χ1n) is 25.1. The number of nitrogens with zero attached hydrogens (tertiary/aromatic N) is 3. The molecule has 2 fully saturated rings. The molecular weight excluding hydrogens is 1110 g/mol. The van der Waals surface area contributed by atoms with Crippen LogP contribution in [-0.4, -0.2) is 26.8 Å². The number of rotatable bonds is 11. The molecule has 2 aliphatic rings. The molecule has 4 atom stereocenters. The molecule has 3 nitrogen and oxygen atoms in total. The van der Waals surface area contributed by atoms with Crippen molar-refractivity contribution in [2.45, 2.75) is 61.2 Å². The number of alkyl halides is 4. The van der Waals surface area contributed by atoms with Gasteiger partial charge in [0.05, 0.1) is 0 Å². The van der Waals surface area contributed by atoms with Crippen LogP contribution in [-0.2, 0) is 20.1 Å². The first-order chi connectivity index (χ1) is 36.1. The fraction of sp³-hybridized carbons (Fsp3) is 0.149. The molecule has 0 spiro atoms. The Kier molecular flexibility index (Phi) is 13.8. The number of aromatic nitrogens is 3. The molecule has 8 heteroatoms. The van der Waals surface area contributed by atoms with E-state index in [1.807, 2.05) is 158 Å². The predicted molar refractivity (Wildman–Crippen MR) is 287 cm³/mol. The summed E-state index contributed by atoms with van der Waals surface area (Å²) >= 11 is 0. The Morgan fingerprint density at radius 3 is 1.24 bits per heavy atom. The molecule has 0 bridgehead atoms. The molecule has 3 heterocycles. The van der Waals surface area contributed by atoms with Crippen LogP contribution in [0.15, 0.2) is 219 Å². The van der Waals surface area contributed by atoms with Gasteiger partial charge in [0.15, 0.2) is 0 Å². The predicted octanol–water partition coefficient (Wildman–Crippen LogP) is 17.5. The molecule has 0 saturated heterocycles. The Bertz CT molecular complexity index is 3430. The maximum absolute atomic E-state index is 16.2. The van der Waals surface area contributed by atoms with Crippen molar-refractivity contribution >= 4 is 0 Å². The second kappa shape index (κ2) is 20.9. The van der Waals surface area contributed by atoms with E-state index in [1.54, 1.807) is 12.4 Å². The SMILES string of the molecule is FC1(F)CC(c2ccc(-c3[c-]cccc3)nc2)C(c2cc(-c3ccccc3-c3cnc(-c4[c-]cccc4)cc3-c3ccc(-c4ccccc4)cc3)cc(C3CC(F)(F)CC3c3ccc(-c4[c-]cccc4)nc3)c2)C1.[Ir+3]. The van der Waals surface area contributed by atoms with Gasteiger partial charge in [-0.25, -0.2) is 17.6 Å². The molecule has 3 aromatic heterocycles. The van der Waals surface area contributed by atoms with Crippen molar-refractivity contribution in [2.75, 3.05) is 0 Å². The Labute approximate surface area is 448 Å². The largest absolute Gasteiger partial charge is 3.00 e. The van der Waals surface area contributed by atoms with Crippen LogP contribution in [0.5, 0.6) is 0 Å². The van der Waals surface area contributed by atoms with Gasteiger partial charge in [-0.1, -0.05) is 127 Å². The van der Waals surface area contributed by atoms with E-state index in [1.165, 1.54) is 0 Å². The van der Waals surface area contributed by atoms with Gasteiger partial charge in [-0.2, -0.15) is 0 Å². The van der Waals surface area contributed by atoms with Crippen LogP contribution < -0.4 is 0 Å². The normalized spacial score (nSPS) is 18.6. The maximum atomic E-state index is 16.2. The third kappa shape index (κ3) is 10.4. The minimum Gasteiger partial charge on any atom is -0.304 e. The van der Waals surface area contributed by atoms with Crippen molar-refractivity contribution in [3.8, 4) is 78.3 Å². The van der Waals surface area contributed by atoms with E-state index in [0.29, 0.717) is 33.6 Å². The molecule has 0 radical (unpaired) electrons. The fourth-order valence-corrected chi connectivity index (χ4v) is 11.4. The van der Waals surface area contributed by atoms with E-state index in [0.717, 1.165) is 66.9 Å². The van der Waals surface area contributed by atoms with Crippen molar-refractivity contribution in [2.24, 2.45) is 0 Å². The average molecular weight is 1160 g/mol. The molecule has 7 aromatic carbocycles. The summed E-state index contributed by atoms with van der Waals surface area (Å²) in [6, 6.07) is 75.0. The Morgan fingerprint density at radius 1 is 0.333 bits per heavy atom. The molecule has 368 valence electrons. The zero-order valence-corrected chi connectivity index (χ0v) is 43.0. The van der Waals surface area contributed by atoms with E-state index in [9.17, 15) is 0 Å². The summed E-state index contributed by atoms with van der Waals surface area (Å²) in [6.45, 7) is 0. The topological polar surface area (TPSA) is 38.7 Å². The maximum Gasteiger partial charge on any atom is 3.00 e. The van der Waals surface area contributed by atoms with Crippen LogP contribution >= 0.6 is 0 Å². The van der Waals surface area contributed by atoms with Crippen LogP contribution in [0.2, 0.25) is 0 Å². The number of halogens is 4. The summed E-state index contributed by atoms with van der Waals surface area (Å²) in [4.78, 5) is 14.5. The van der Waals surface area contributed by atoms with Crippen molar-refractivity contribution in [3.63, 3.8) is 0 Å². The van der Waals surface area contributed by atoms with Crippen molar-refractivity contribution in [3.05, 3.63) is 259 Å². The standard InChI is InChI=1S/C67H48F4N3.Ir/c68-66(69)37-58(50-29-31-63(72-41-50)47-17-7-2-8-18-47)60(39-66)53-33-52(34-54(35-53)61-40-67(70,71)38-59(61)51-30-32-64(73-42-51)48-19-9-3-10-20-48)55-23-13-14-24-56(55)62-43-74-65(49-21-11-4-12-22-49)36-57(62)46-27-25-45(26-28-46)44-15-5-1-6-16-44;/h1-17,19,21,23-36,41-43,58-61H,37-40H2;/q-3;+3. The number of hydrogen-bond donors (Lipinski definition) is 0. The van der Waals surface area contributed by atoms with Crippen LogP contribution in [0, 0.1) is 18.2 Å². The Hall–Kier alpha value is -7.64. The van der Waals surface area contributed by atoms with Gasteiger partial charge in [0.1, 0.15) is 0 Å². The zero-order valence-electron chi connectivity index (χ0n) is 40.6. The minimum atomic E-state index is -2.98.